The molecule has 6 nitrogen and oxygen atoms in total. The van der Waals surface area contributed by atoms with E-state index in [9.17, 15) is 4.89 Å². The number of rotatable bonds is 10. The molecule has 0 aliphatic rings. The van der Waals surface area contributed by atoms with Crippen LogP contribution in [0.2, 0.25) is 0 Å². The van der Waals surface area contributed by atoms with E-state index in [0.29, 0.717) is 13.2 Å². The molecule has 0 radical (unpaired) electrons. The summed E-state index contributed by atoms with van der Waals surface area (Å²) < 4.78 is 10.5. The molecule has 4 N–H and O–H groups in total. The molecule has 28 heavy (non-hydrogen) atoms. The van der Waals surface area contributed by atoms with Crippen LogP contribution in [0.4, 0.5) is 0 Å². The Kier molecular flexibility index (Phi) is 12.0. The average molecular weight is 471 g/mol. The molecule has 0 fully saturated rings. The van der Waals surface area contributed by atoms with Crippen molar-refractivity contribution >= 4 is 39.1 Å². The maximum atomic E-state index is 9.59. The first kappa shape index (κ1) is 25.7. The van der Waals surface area contributed by atoms with Crippen molar-refractivity contribution in [2.75, 3.05) is 24.1 Å². The van der Waals surface area contributed by atoms with Crippen LogP contribution in [-0.2, 0) is 22.3 Å². The van der Waals surface area contributed by atoms with Crippen LogP contribution in [-0.4, -0.2) is 43.7 Å². The van der Waals surface area contributed by atoms with Crippen molar-refractivity contribution in [2.24, 2.45) is 0 Å². The van der Waals surface area contributed by atoms with Crippen molar-refractivity contribution in [1.29, 1.82) is 0 Å². The molecule has 0 bridgehead atoms. The third-order valence-corrected chi connectivity index (χ3v) is 7.34. The third kappa shape index (κ3) is 12.3. The fourth-order valence-electron chi connectivity index (χ4n) is 1.90. The molecule has 0 aliphatic carbocycles. The van der Waals surface area contributed by atoms with Crippen molar-refractivity contribution in [2.45, 2.75) is 13.2 Å². The van der Waals surface area contributed by atoms with Crippen LogP contribution >= 0.6 is 39.1 Å². The van der Waals surface area contributed by atoms with Gasteiger partial charge in [-0.3, -0.25) is 0 Å². The van der Waals surface area contributed by atoms with Crippen LogP contribution in [0.5, 0.6) is 0 Å². The molecule has 0 heterocycles. The third-order valence-electron chi connectivity index (χ3n) is 3.45. The van der Waals surface area contributed by atoms with Crippen molar-refractivity contribution < 1.29 is 28.6 Å². The van der Waals surface area contributed by atoms with Crippen molar-refractivity contribution in [3.05, 3.63) is 71.8 Å². The molecule has 0 spiro atoms. The molecule has 0 saturated heterocycles. The van der Waals surface area contributed by atoms with Crippen molar-refractivity contribution in [3.63, 3.8) is 0 Å². The summed E-state index contributed by atoms with van der Waals surface area (Å²) in [5, 5.41) is 0. The molecule has 10 heteroatoms. The smallest absolute Gasteiger partial charge is 0.328 e. The average Bonchev–Trinajstić information content (AvgIpc) is 2.66. The van der Waals surface area contributed by atoms with Gasteiger partial charge < -0.3 is 13.9 Å². The van der Waals surface area contributed by atoms with E-state index in [4.69, 9.17) is 46.9 Å². The zero-order chi connectivity index (χ0) is 20.9. The Morgan fingerprint density at radius 3 is 1.39 bits per heavy atom. The Balaban J connectivity index is 0.000000336. The minimum absolute atomic E-state index is 0.0260. The van der Waals surface area contributed by atoms with Gasteiger partial charge in [0.25, 0.3) is 0 Å². The van der Waals surface area contributed by atoms with Gasteiger partial charge in [-0.05, 0) is 11.1 Å². The fraction of sp³-hybridized carbons (Fsp3) is 0.333. The van der Waals surface area contributed by atoms with Crippen molar-refractivity contribution in [1.82, 2.24) is 0 Å². The number of hydrogen-bond acceptors (Lipinski definition) is 6. The number of halogens is 2. The van der Waals surface area contributed by atoms with Gasteiger partial charge in [0.15, 0.2) is 0 Å². The summed E-state index contributed by atoms with van der Waals surface area (Å²) in [4.78, 5) is 36.7. The van der Waals surface area contributed by atoms with Crippen LogP contribution < -0.4 is 0 Å². The molecule has 0 saturated carbocycles. The summed E-state index contributed by atoms with van der Waals surface area (Å²) in [5.74, 6) is 0.0520. The van der Waals surface area contributed by atoms with E-state index < -0.39 is 15.9 Å². The predicted molar refractivity (Wildman–Crippen MR) is 116 cm³/mol. The molecular weight excluding hydrogens is 445 g/mol. The first-order valence-electron chi connectivity index (χ1n) is 8.44. The summed E-state index contributed by atoms with van der Waals surface area (Å²) >= 11 is 10.4. The summed E-state index contributed by atoms with van der Waals surface area (Å²) in [6.45, 7) is 0.718. The molecule has 0 unspecified atom stereocenters. The first-order valence-corrected chi connectivity index (χ1v) is 13.1. The van der Waals surface area contributed by atoms with E-state index in [1.54, 1.807) is 0 Å². The normalized spacial score (nSPS) is 12.8. The monoisotopic (exact) mass is 470 g/mol. The maximum absolute atomic E-state index is 9.59. The Morgan fingerprint density at radius 1 is 0.714 bits per heavy atom. The molecule has 0 atom stereocenters. The molecular formula is C18H26Cl2O6P2. The Hall–Kier alpha value is -0.360. The first-order chi connectivity index (χ1) is 13.2. The van der Waals surface area contributed by atoms with E-state index >= 15 is 0 Å². The summed E-state index contributed by atoms with van der Waals surface area (Å²) in [6, 6.07) is 19.4. The second kappa shape index (κ2) is 13.0. The second-order valence-corrected chi connectivity index (χ2v) is 11.2. The van der Waals surface area contributed by atoms with Crippen LogP contribution in [0.1, 0.15) is 11.1 Å². The van der Waals surface area contributed by atoms with Gasteiger partial charge in [0.1, 0.15) is 0 Å². The maximum Gasteiger partial charge on any atom is 0.330 e. The molecule has 0 amide bonds. The largest absolute Gasteiger partial charge is 0.330 e. The van der Waals surface area contributed by atoms with E-state index in [0.717, 1.165) is 11.1 Å². The SMILES string of the molecule is OP(O)(O)(CCCl)CCCl.OP(OCc1ccccc1)OCc1ccccc1. The van der Waals surface area contributed by atoms with Crippen LogP contribution in [0, 0.1) is 0 Å². The Labute approximate surface area is 176 Å². The van der Waals surface area contributed by atoms with Gasteiger partial charge in [0.05, 0.1) is 13.2 Å². The van der Waals surface area contributed by atoms with Crippen LogP contribution in [0.3, 0.4) is 0 Å². The van der Waals surface area contributed by atoms with E-state index in [1.165, 1.54) is 0 Å². The van der Waals surface area contributed by atoms with Gasteiger partial charge in [-0.15, -0.1) is 0 Å². The van der Waals surface area contributed by atoms with Crippen LogP contribution in [0.25, 0.3) is 0 Å². The van der Waals surface area contributed by atoms with E-state index in [-0.39, 0.29) is 24.1 Å². The molecule has 2 aromatic rings. The predicted octanol–water partition coefficient (Wildman–Crippen LogP) is 4.38. The van der Waals surface area contributed by atoms with Crippen molar-refractivity contribution in [3.8, 4) is 0 Å². The van der Waals surface area contributed by atoms with Gasteiger partial charge in [-0.25, -0.2) is 0 Å². The van der Waals surface area contributed by atoms with Gasteiger partial charge in [-0.1, -0.05) is 60.7 Å². The van der Waals surface area contributed by atoms with Gasteiger partial charge in [0, 0.05) is 0 Å². The summed E-state index contributed by atoms with van der Waals surface area (Å²) in [5.41, 5.74) is 2.03. The van der Waals surface area contributed by atoms with E-state index in [2.05, 4.69) is 0 Å². The van der Waals surface area contributed by atoms with Gasteiger partial charge in [-0.2, -0.15) is 0 Å². The second-order valence-electron chi connectivity index (χ2n) is 5.92. The number of alkyl halides is 2. The molecule has 2 aromatic carbocycles. The fourth-order valence-corrected chi connectivity index (χ4v) is 5.49. The Morgan fingerprint density at radius 2 is 1.07 bits per heavy atom. The molecule has 0 aliphatic heterocycles. The Bertz CT molecular complexity index is 602. The van der Waals surface area contributed by atoms with Gasteiger partial charge in [0.2, 0.25) is 0 Å². The quantitative estimate of drug-likeness (QED) is 0.303. The standard InChI is InChI=1S/C14H15O3P.C4H11Cl2O3P/c15-18(16-11-13-7-3-1-4-8-13)17-12-14-9-5-2-6-10-14;5-1-3-10(7,8,9)4-2-6/h1-10,15H,11-12H2;7-9H,1-4H2. The minimum atomic E-state index is -4.42. The number of benzene rings is 2. The van der Waals surface area contributed by atoms with Crippen LogP contribution in [0.15, 0.2) is 60.7 Å². The zero-order valence-corrected chi connectivity index (χ0v) is 18.6. The topological polar surface area (TPSA) is 99.4 Å². The minimum Gasteiger partial charge on any atom is -0.328 e. The summed E-state index contributed by atoms with van der Waals surface area (Å²) in [7, 11) is -6.25. The number of hydrogen-bond donors (Lipinski definition) is 4. The zero-order valence-electron chi connectivity index (χ0n) is 15.3. The molecule has 2 rings (SSSR count). The molecule has 158 valence electrons. The van der Waals surface area contributed by atoms with Gasteiger partial charge >= 0.3 is 77.9 Å². The molecule has 0 aromatic heterocycles. The summed E-state index contributed by atoms with van der Waals surface area (Å²) in [6.07, 6.45) is -0.361. The van der Waals surface area contributed by atoms with E-state index in [1.807, 2.05) is 60.7 Å².